The SMILES string of the molecule is Cc1ccnn1C[C@H](C)C(=O)N[C@@H](Cc1ccccc1)[C@H](O)CN(C(CO)C(C)C)S(=O)(=O)c1cn(C)cn1. The highest BCUT2D eigenvalue weighted by molar-refractivity contribution is 7.89. The molecule has 2 aromatic heterocycles. The summed E-state index contributed by atoms with van der Waals surface area (Å²) in [4.78, 5) is 17.3. The number of hydrogen-bond donors (Lipinski definition) is 3. The number of aromatic nitrogens is 4. The van der Waals surface area contributed by atoms with Crippen LogP contribution in [0.3, 0.4) is 0 Å². The van der Waals surface area contributed by atoms with Crippen LogP contribution in [0.1, 0.15) is 32.0 Å². The number of imidazole rings is 1. The van der Waals surface area contributed by atoms with E-state index in [1.54, 1.807) is 38.7 Å². The number of hydrogen-bond acceptors (Lipinski definition) is 7. The maximum Gasteiger partial charge on any atom is 0.262 e. The van der Waals surface area contributed by atoms with Crippen molar-refractivity contribution in [3.8, 4) is 0 Å². The average Bonchev–Trinajstić information content (AvgIpc) is 3.51. The molecular formula is C27H40N6O5S. The molecule has 214 valence electrons. The van der Waals surface area contributed by atoms with Crippen LogP contribution >= 0.6 is 0 Å². The minimum Gasteiger partial charge on any atom is -0.395 e. The molecule has 1 unspecified atom stereocenters. The Morgan fingerprint density at radius 1 is 1.15 bits per heavy atom. The van der Waals surface area contributed by atoms with Crippen molar-refractivity contribution in [3.63, 3.8) is 0 Å². The summed E-state index contributed by atoms with van der Waals surface area (Å²) < 4.78 is 31.6. The zero-order valence-electron chi connectivity index (χ0n) is 23.2. The molecule has 0 bridgehead atoms. The normalized spacial score (nSPS) is 15.3. The zero-order chi connectivity index (χ0) is 28.7. The molecule has 3 aromatic rings. The van der Waals surface area contributed by atoms with Crippen LogP contribution in [0.2, 0.25) is 0 Å². The Bertz CT molecular complexity index is 1310. The fraction of sp³-hybridized carbons (Fsp3) is 0.519. The number of rotatable bonds is 14. The summed E-state index contributed by atoms with van der Waals surface area (Å²) >= 11 is 0. The molecule has 1 amide bonds. The molecule has 4 atom stereocenters. The Morgan fingerprint density at radius 3 is 2.38 bits per heavy atom. The summed E-state index contributed by atoms with van der Waals surface area (Å²) in [7, 11) is -2.50. The summed E-state index contributed by atoms with van der Waals surface area (Å²) in [5.74, 6) is -0.991. The van der Waals surface area contributed by atoms with Gasteiger partial charge in [0.05, 0.1) is 43.6 Å². The summed E-state index contributed by atoms with van der Waals surface area (Å²) in [6.45, 7) is 6.87. The molecule has 0 radical (unpaired) electrons. The van der Waals surface area contributed by atoms with Gasteiger partial charge in [0.25, 0.3) is 10.0 Å². The van der Waals surface area contributed by atoms with E-state index in [9.17, 15) is 23.4 Å². The van der Waals surface area contributed by atoms with Crippen molar-refractivity contribution in [2.24, 2.45) is 18.9 Å². The second kappa shape index (κ2) is 13.3. The first-order chi connectivity index (χ1) is 18.4. The van der Waals surface area contributed by atoms with Gasteiger partial charge in [-0.25, -0.2) is 13.4 Å². The summed E-state index contributed by atoms with van der Waals surface area (Å²) in [5, 5.41) is 28.6. The molecule has 0 aliphatic heterocycles. The molecule has 0 saturated heterocycles. The van der Waals surface area contributed by atoms with Gasteiger partial charge in [-0.2, -0.15) is 9.40 Å². The van der Waals surface area contributed by atoms with Crippen molar-refractivity contribution in [2.75, 3.05) is 13.2 Å². The predicted octanol–water partition coefficient (Wildman–Crippen LogP) is 1.36. The van der Waals surface area contributed by atoms with Crippen molar-refractivity contribution in [3.05, 3.63) is 66.4 Å². The molecule has 0 aliphatic rings. The summed E-state index contributed by atoms with van der Waals surface area (Å²) in [6.07, 6.45) is 3.44. The highest BCUT2D eigenvalue weighted by Gasteiger charge is 2.38. The lowest BCUT2D eigenvalue weighted by Crippen LogP contribution is -2.55. The van der Waals surface area contributed by atoms with E-state index in [2.05, 4.69) is 15.4 Å². The third-order valence-electron chi connectivity index (χ3n) is 6.86. The minimum atomic E-state index is -4.16. The number of sulfonamides is 1. The predicted molar refractivity (Wildman–Crippen MR) is 147 cm³/mol. The number of amides is 1. The van der Waals surface area contributed by atoms with E-state index in [0.29, 0.717) is 6.54 Å². The van der Waals surface area contributed by atoms with Crippen LogP contribution in [0.15, 0.2) is 60.1 Å². The van der Waals surface area contributed by atoms with Crippen LogP contribution in [0.5, 0.6) is 0 Å². The first-order valence-corrected chi connectivity index (χ1v) is 14.5. The Kier molecular flexibility index (Phi) is 10.4. The number of carbonyl (C=O) groups is 1. The van der Waals surface area contributed by atoms with E-state index in [1.165, 1.54) is 17.1 Å². The molecule has 11 nitrogen and oxygen atoms in total. The van der Waals surface area contributed by atoms with E-state index < -0.39 is 40.7 Å². The first-order valence-electron chi connectivity index (χ1n) is 13.1. The lowest BCUT2D eigenvalue weighted by Gasteiger charge is -2.35. The van der Waals surface area contributed by atoms with Gasteiger partial charge in [-0.3, -0.25) is 9.48 Å². The maximum absolute atomic E-state index is 13.6. The smallest absolute Gasteiger partial charge is 0.262 e. The van der Waals surface area contributed by atoms with Crippen molar-refractivity contribution >= 4 is 15.9 Å². The zero-order valence-corrected chi connectivity index (χ0v) is 24.0. The molecule has 3 rings (SSSR count). The molecule has 1 aromatic carbocycles. The molecule has 0 fully saturated rings. The van der Waals surface area contributed by atoms with Gasteiger partial charge in [0.2, 0.25) is 5.91 Å². The van der Waals surface area contributed by atoms with Crippen LogP contribution in [-0.2, 0) is 34.8 Å². The van der Waals surface area contributed by atoms with Gasteiger partial charge in [-0.15, -0.1) is 0 Å². The number of nitrogens with one attached hydrogen (secondary N) is 1. The number of carbonyl (C=O) groups excluding carboxylic acids is 1. The quantitative estimate of drug-likeness (QED) is 0.270. The van der Waals surface area contributed by atoms with E-state index in [0.717, 1.165) is 15.6 Å². The van der Waals surface area contributed by atoms with E-state index >= 15 is 0 Å². The highest BCUT2D eigenvalue weighted by Crippen LogP contribution is 2.22. The van der Waals surface area contributed by atoms with Crippen molar-refractivity contribution in [1.29, 1.82) is 0 Å². The average molecular weight is 561 g/mol. The van der Waals surface area contributed by atoms with Gasteiger partial charge in [0.15, 0.2) is 5.03 Å². The molecule has 2 heterocycles. The molecule has 0 spiro atoms. The van der Waals surface area contributed by atoms with Gasteiger partial charge >= 0.3 is 0 Å². The lowest BCUT2D eigenvalue weighted by atomic mass is 9.99. The summed E-state index contributed by atoms with van der Waals surface area (Å²) in [5.41, 5.74) is 1.80. The van der Waals surface area contributed by atoms with Crippen LogP contribution in [0, 0.1) is 18.8 Å². The molecule has 0 saturated carbocycles. The molecular weight excluding hydrogens is 520 g/mol. The fourth-order valence-electron chi connectivity index (χ4n) is 4.41. The lowest BCUT2D eigenvalue weighted by molar-refractivity contribution is -0.126. The Balaban J connectivity index is 1.89. The third-order valence-corrected chi connectivity index (χ3v) is 8.64. The second-order valence-corrected chi connectivity index (χ2v) is 12.2. The van der Waals surface area contributed by atoms with Crippen LogP contribution < -0.4 is 5.32 Å². The molecule has 39 heavy (non-hydrogen) atoms. The third kappa shape index (κ3) is 7.75. The van der Waals surface area contributed by atoms with Gasteiger partial charge in [0.1, 0.15) is 0 Å². The summed E-state index contributed by atoms with van der Waals surface area (Å²) in [6, 6.07) is 9.62. The minimum absolute atomic E-state index is 0.178. The number of aryl methyl sites for hydroxylation is 2. The molecule has 12 heteroatoms. The second-order valence-electron chi connectivity index (χ2n) is 10.4. The number of aliphatic hydroxyl groups is 2. The standard InChI is InChI=1S/C27H40N6O5S/c1-19(2)24(17-34)33(39(37,38)26-16-31(5)18-28-26)15-25(35)23(13-22-9-7-6-8-10-22)30-27(36)20(3)14-32-21(4)11-12-29-32/h6-12,16,18-20,23-25,34-35H,13-15,17H2,1-5H3,(H,30,36)/t20-,23-,24?,25+/m0/s1. The number of benzene rings is 1. The van der Waals surface area contributed by atoms with Gasteiger partial charge in [-0.05, 0) is 30.9 Å². The van der Waals surface area contributed by atoms with Crippen LogP contribution in [0.4, 0.5) is 0 Å². The van der Waals surface area contributed by atoms with E-state index in [-0.39, 0.29) is 29.8 Å². The van der Waals surface area contributed by atoms with Crippen molar-refractivity contribution in [1.82, 2.24) is 29.0 Å². The van der Waals surface area contributed by atoms with Gasteiger partial charge < -0.3 is 20.1 Å². The van der Waals surface area contributed by atoms with Crippen LogP contribution in [0.25, 0.3) is 0 Å². The Hall–Kier alpha value is -3.06. The van der Waals surface area contributed by atoms with E-state index in [1.807, 2.05) is 43.3 Å². The Labute approximate surface area is 230 Å². The Morgan fingerprint density at radius 2 is 1.85 bits per heavy atom. The largest absolute Gasteiger partial charge is 0.395 e. The topological polar surface area (TPSA) is 143 Å². The first kappa shape index (κ1) is 30.5. The molecule has 0 aliphatic carbocycles. The van der Waals surface area contributed by atoms with Crippen molar-refractivity contribution in [2.45, 2.75) is 63.9 Å². The number of aliphatic hydroxyl groups excluding tert-OH is 2. The number of nitrogens with zero attached hydrogens (tertiary/aromatic N) is 5. The highest BCUT2D eigenvalue weighted by atomic mass is 32.2. The molecule has 3 N–H and O–H groups in total. The van der Waals surface area contributed by atoms with Gasteiger partial charge in [0, 0.05) is 31.7 Å². The maximum atomic E-state index is 13.6. The fourth-order valence-corrected chi connectivity index (χ4v) is 6.14. The monoisotopic (exact) mass is 560 g/mol. The van der Waals surface area contributed by atoms with Crippen molar-refractivity contribution < 1.29 is 23.4 Å². The van der Waals surface area contributed by atoms with E-state index in [4.69, 9.17) is 0 Å². The van der Waals surface area contributed by atoms with Gasteiger partial charge in [-0.1, -0.05) is 51.1 Å². The van der Waals surface area contributed by atoms with Crippen LogP contribution in [-0.4, -0.2) is 79.5 Å².